The van der Waals surface area contributed by atoms with Gasteiger partial charge in [-0.2, -0.15) is 0 Å². The molecule has 0 spiro atoms. The van der Waals surface area contributed by atoms with Gasteiger partial charge in [-0.3, -0.25) is 4.79 Å². The minimum absolute atomic E-state index is 0.000163. The number of rotatable bonds is 3. The highest BCUT2D eigenvalue weighted by atomic mass is 35.5. The third-order valence-corrected chi connectivity index (χ3v) is 3.72. The van der Waals surface area contributed by atoms with Crippen LogP contribution in [0, 0.1) is 0 Å². The van der Waals surface area contributed by atoms with Crippen LogP contribution in [0.4, 0.5) is 0 Å². The fraction of sp³-hybridized carbons (Fsp3) is 0.118. The Hall–Kier alpha value is -2.26. The summed E-state index contributed by atoms with van der Waals surface area (Å²) in [5.41, 5.74) is 2.69. The number of aromatic amines is 1. The Morgan fingerprint density at radius 2 is 2.00 bits per heavy atom. The summed E-state index contributed by atoms with van der Waals surface area (Å²) in [5.74, 6) is 0.000163. The second-order valence-corrected chi connectivity index (χ2v) is 5.47. The molecule has 0 fully saturated rings. The molecule has 0 saturated carbocycles. The summed E-state index contributed by atoms with van der Waals surface area (Å²) in [4.78, 5) is 17.4. The Kier molecular flexibility index (Phi) is 3.67. The van der Waals surface area contributed by atoms with Gasteiger partial charge in [-0.05, 0) is 35.9 Å². The monoisotopic (exact) mass is 298 g/mol. The summed E-state index contributed by atoms with van der Waals surface area (Å²) in [7, 11) is 1.80. The van der Waals surface area contributed by atoms with Gasteiger partial charge in [0.15, 0.2) is 0 Å². The summed E-state index contributed by atoms with van der Waals surface area (Å²) in [6.45, 7) is 0.528. The highest BCUT2D eigenvalue weighted by molar-refractivity contribution is 6.30. The van der Waals surface area contributed by atoms with Crippen LogP contribution in [0.15, 0.2) is 54.7 Å². The van der Waals surface area contributed by atoms with Gasteiger partial charge in [0, 0.05) is 41.3 Å². The number of amides is 1. The predicted octanol–water partition coefficient (Wildman–Crippen LogP) is 4.09. The number of hydrogen-bond acceptors (Lipinski definition) is 1. The van der Waals surface area contributed by atoms with Gasteiger partial charge in [0.25, 0.3) is 5.91 Å². The van der Waals surface area contributed by atoms with E-state index in [-0.39, 0.29) is 5.91 Å². The maximum atomic E-state index is 12.6. The van der Waals surface area contributed by atoms with E-state index in [0.717, 1.165) is 16.5 Å². The van der Waals surface area contributed by atoms with E-state index in [2.05, 4.69) is 4.98 Å². The van der Waals surface area contributed by atoms with Crippen LogP contribution in [0.1, 0.15) is 15.9 Å². The molecule has 0 aliphatic heterocycles. The van der Waals surface area contributed by atoms with Crippen molar-refractivity contribution < 1.29 is 4.79 Å². The number of aromatic nitrogens is 1. The van der Waals surface area contributed by atoms with Crippen LogP contribution < -0.4 is 0 Å². The predicted molar refractivity (Wildman–Crippen MR) is 85.5 cm³/mol. The molecule has 0 bridgehead atoms. The highest BCUT2D eigenvalue weighted by Gasteiger charge is 2.15. The number of fused-ring (bicyclic) bond motifs is 1. The van der Waals surface area contributed by atoms with Crippen molar-refractivity contribution in [3.05, 3.63) is 70.9 Å². The molecule has 1 N–H and O–H groups in total. The summed E-state index contributed by atoms with van der Waals surface area (Å²) in [5, 5.41) is 1.63. The molecule has 0 aliphatic rings. The van der Waals surface area contributed by atoms with Crippen LogP contribution in [-0.4, -0.2) is 22.8 Å². The molecule has 3 nitrogen and oxygen atoms in total. The molecule has 106 valence electrons. The fourth-order valence-corrected chi connectivity index (χ4v) is 2.67. The van der Waals surface area contributed by atoms with Crippen molar-refractivity contribution in [2.45, 2.75) is 6.54 Å². The highest BCUT2D eigenvalue weighted by Crippen LogP contribution is 2.20. The first-order valence-electron chi connectivity index (χ1n) is 6.71. The lowest BCUT2D eigenvalue weighted by Gasteiger charge is -2.18. The van der Waals surface area contributed by atoms with Gasteiger partial charge in [-0.1, -0.05) is 29.8 Å². The number of halogens is 1. The topological polar surface area (TPSA) is 36.1 Å². The maximum absolute atomic E-state index is 12.6. The van der Waals surface area contributed by atoms with Crippen molar-refractivity contribution >= 4 is 28.4 Å². The van der Waals surface area contributed by atoms with Crippen molar-refractivity contribution in [1.29, 1.82) is 0 Å². The van der Waals surface area contributed by atoms with E-state index in [9.17, 15) is 4.79 Å². The lowest BCUT2D eigenvalue weighted by Crippen LogP contribution is -2.26. The third kappa shape index (κ3) is 2.78. The second kappa shape index (κ2) is 5.62. The Bertz CT molecular complexity index is 794. The van der Waals surface area contributed by atoms with Crippen molar-refractivity contribution in [1.82, 2.24) is 9.88 Å². The van der Waals surface area contributed by atoms with Crippen LogP contribution in [0.25, 0.3) is 10.9 Å². The summed E-state index contributed by atoms with van der Waals surface area (Å²) in [6.07, 6.45) is 1.85. The standard InChI is InChI=1S/C17H15ClN2O/c1-20(11-12-4-2-5-13(18)10-12)17(21)15-6-3-7-16-14(15)8-9-19-16/h2-10,19H,11H2,1H3. The quantitative estimate of drug-likeness (QED) is 0.776. The summed E-state index contributed by atoms with van der Waals surface area (Å²) < 4.78 is 0. The van der Waals surface area contributed by atoms with E-state index in [0.29, 0.717) is 17.1 Å². The summed E-state index contributed by atoms with van der Waals surface area (Å²) in [6, 6.07) is 15.2. The van der Waals surface area contributed by atoms with Gasteiger partial charge in [0.1, 0.15) is 0 Å². The Balaban J connectivity index is 1.86. The largest absolute Gasteiger partial charge is 0.361 e. The van der Waals surface area contributed by atoms with Gasteiger partial charge in [0.2, 0.25) is 0 Å². The van der Waals surface area contributed by atoms with Crippen LogP contribution in [-0.2, 0) is 6.54 Å². The number of benzene rings is 2. The SMILES string of the molecule is CN(Cc1cccc(Cl)c1)C(=O)c1cccc2[nH]ccc12. The van der Waals surface area contributed by atoms with E-state index in [1.165, 1.54) is 0 Å². The minimum atomic E-state index is 0.000163. The van der Waals surface area contributed by atoms with Crippen molar-refractivity contribution in [3.63, 3.8) is 0 Å². The first-order chi connectivity index (χ1) is 10.1. The van der Waals surface area contributed by atoms with E-state index >= 15 is 0 Å². The number of nitrogens with zero attached hydrogens (tertiary/aromatic N) is 1. The van der Waals surface area contributed by atoms with Crippen molar-refractivity contribution in [2.75, 3.05) is 7.05 Å². The minimum Gasteiger partial charge on any atom is -0.361 e. The number of nitrogens with one attached hydrogen (secondary N) is 1. The third-order valence-electron chi connectivity index (χ3n) is 3.48. The smallest absolute Gasteiger partial charge is 0.254 e. The average molecular weight is 299 g/mol. The normalized spacial score (nSPS) is 10.8. The van der Waals surface area contributed by atoms with Crippen molar-refractivity contribution in [3.8, 4) is 0 Å². The number of hydrogen-bond donors (Lipinski definition) is 1. The van der Waals surface area contributed by atoms with Crippen LogP contribution in [0.2, 0.25) is 5.02 Å². The number of carbonyl (C=O) groups excluding carboxylic acids is 1. The summed E-state index contributed by atoms with van der Waals surface area (Å²) >= 11 is 5.98. The van der Waals surface area contributed by atoms with Gasteiger partial charge >= 0.3 is 0 Å². The van der Waals surface area contributed by atoms with Gasteiger partial charge in [-0.15, -0.1) is 0 Å². The molecular weight excluding hydrogens is 284 g/mol. The first-order valence-corrected chi connectivity index (χ1v) is 7.09. The lowest BCUT2D eigenvalue weighted by atomic mass is 10.1. The van der Waals surface area contributed by atoms with Crippen LogP contribution in [0.5, 0.6) is 0 Å². The fourth-order valence-electron chi connectivity index (χ4n) is 2.46. The molecule has 0 atom stereocenters. The zero-order valence-electron chi connectivity index (χ0n) is 11.6. The van der Waals surface area contributed by atoms with Gasteiger partial charge in [-0.25, -0.2) is 0 Å². The molecule has 0 saturated heterocycles. The molecule has 2 aromatic carbocycles. The molecule has 1 aromatic heterocycles. The molecule has 0 aliphatic carbocycles. The molecule has 3 aromatic rings. The van der Waals surface area contributed by atoms with E-state index in [4.69, 9.17) is 11.6 Å². The van der Waals surface area contributed by atoms with E-state index in [1.807, 2.05) is 54.7 Å². The van der Waals surface area contributed by atoms with Gasteiger partial charge < -0.3 is 9.88 Å². The maximum Gasteiger partial charge on any atom is 0.254 e. The number of H-pyrrole nitrogens is 1. The molecule has 1 heterocycles. The van der Waals surface area contributed by atoms with Crippen LogP contribution >= 0.6 is 11.6 Å². The average Bonchev–Trinajstić information content (AvgIpc) is 2.94. The zero-order valence-corrected chi connectivity index (χ0v) is 12.4. The van der Waals surface area contributed by atoms with E-state index in [1.54, 1.807) is 11.9 Å². The first kappa shape index (κ1) is 13.7. The Labute approximate surface area is 128 Å². The van der Waals surface area contributed by atoms with Crippen LogP contribution in [0.3, 0.4) is 0 Å². The second-order valence-electron chi connectivity index (χ2n) is 5.04. The molecule has 1 amide bonds. The molecule has 21 heavy (non-hydrogen) atoms. The molecule has 0 unspecified atom stereocenters. The zero-order chi connectivity index (χ0) is 14.8. The number of carbonyl (C=O) groups is 1. The molecule has 0 radical (unpaired) electrons. The lowest BCUT2D eigenvalue weighted by molar-refractivity contribution is 0.0787. The van der Waals surface area contributed by atoms with Crippen molar-refractivity contribution in [2.24, 2.45) is 0 Å². The van der Waals surface area contributed by atoms with Gasteiger partial charge in [0.05, 0.1) is 0 Å². The Morgan fingerprint density at radius 1 is 1.19 bits per heavy atom. The molecular formula is C17H15ClN2O. The van der Waals surface area contributed by atoms with E-state index < -0.39 is 0 Å². The molecule has 4 heteroatoms. The Morgan fingerprint density at radius 3 is 2.81 bits per heavy atom. The molecule has 3 rings (SSSR count).